The Kier molecular flexibility index (Phi) is 4.07. The van der Waals surface area contributed by atoms with Crippen LogP contribution in [0.25, 0.3) is 0 Å². The van der Waals surface area contributed by atoms with Crippen molar-refractivity contribution in [2.45, 2.75) is 62.8 Å². The molecule has 1 N–H and O–H groups in total. The smallest absolute Gasteiger partial charge is 0.407 e. The zero-order chi connectivity index (χ0) is 16.6. The van der Waals surface area contributed by atoms with Crippen LogP contribution in [0.4, 0.5) is 4.79 Å². The van der Waals surface area contributed by atoms with Crippen molar-refractivity contribution in [2.75, 3.05) is 6.61 Å². The van der Waals surface area contributed by atoms with Crippen LogP contribution < -0.4 is 5.32 Å². The van der Waals surface area contributed by atoms with Gasteiger partial charge in [0, 0.05) is 6.42 Å². The summed E-state index contributed by atoms with van der Waals surface area (Å²) in [5.41, 5.74) is 4.24. The van der Waals surface area contributed by atoms with E-state index in [0.717, 1.165) is 44.8 Å². The van der Waals surface area contributed by atoms with Gasteiger partial charge in [0.05, 0.1) is 5.54 Å². The van der Waals surface area contributed by atoms with Crippen LogP contribution in [0.5, 0.6) is 0 Å². The van der Waals surface area contributed by atoms with Crippen molar-refractivity contribution in [1.82, 2.24) is 5.32 Å². The van der Waals surface area contributed by atoms with Crippen LogP contribution in [-0.2, 0) is 22.4 Å². The number of alkyl carbamates (subject to hydrolysis) is 1. The van der Waals surface area contributed by atoms with Gasteiger partial charge in [0.15, 0.2) is 0 Å². The van der Waals surface area contributed by atoms with Crippen molar-refractivity contribution >= 4 is 12.4 Å². The van der Waals surface area contributed by atoms with Gasteiger partial charge in [-0.1, -0.05) is 18.2 Å². The Morgan fingerprint density at radius 1 is 1.29 bits per heavy atom. The van der Waals surface area contributed by atoms with Crippen molar-refractivity contribution in [1.29, 1.82) is 0 Å². The lowest BCUT2D eigenvalue weighted by molar-refractivity contribution is -0.108. The Labute approximate surface area is 143 Å². The summed E-state index contributed by atoms with van der Waals surface area (Å²) in [7, 11) is 0. The maximum Gasteiger partial charge on any atom is 0.407 e. The summed E-state index contributed by atoms with van der Waals surface area (Å²) in [5, 5.41) is 3.03. The van der Waals surface area contributed by atoms with Crippen LogP contribution >= 0.6 is 0 Å². The zero-order valence-electron chi connectivity index (χ0n) is 14.1. The van der Waals surface area contributed by atoms with E-state index in [1.165, 1.54) is 23.1 Å². The lowest BCUT2D eigenvalue weighted by Gasteiger charge is -2.26. The second kappa shape index (κ2) is 6.23. The first-order valence-electron chi connectivity index (χ1n) is 9.18. The SMILES string of the molecule is O=CCCC1CCc2cc([C@@H]3CC[C@]4(COC(=O)N4)C3)ccc2C1. The molecule has 1 aliphatic heterocycles. The Morgan fingerprint density at radius 2 is 2.21 bits per heavy atom. The monoisotopic (exact) mass is 327 g/mol. The van der Waals surface area contributed by atoms with E-state index in [1.54, 1.807) is 0 Å². The van der Waals surface area contributed by atoms with E-state index in [2.05, 4.69) is 23.5 Å². The highest BCUT2D eigenvalue weighted by molar-refractivity contribution is 5.70. The number of hydrogen-bond acceptors (Lipinski definition) is 3. The van der Waals surface area contributed by atoms with E-state index in [1.807, 2.05) is 0 Å². The molecule has 24 heavy (non-hydrogen) atoms. The second-order valence-corrected chi connectivity index (χ2v) is 7.80. The maximum absolute atomic E-state index is 11.4. The molecule has 1 saturated carbocycles. The predicted molar refractivity (Wildman–Crippen MR) is 91.1 cm³/mol. The average molecular weight is 327 g/mol. The number of aryl methyl sites for hydroxylation is 1. The number of rotatable bonds is 4. The number of hydrogen-bond donors (Lipinski definition) is 1. The van der Waals surface area contributed by atoms with Gasteiger partial charge in [-0.15, -0.1) is 0 Å². The van der Waals surface area contributed by atoms with Gasteiger partial charge in [0.1, 0.15) is 12.9 Å². The van der Waals surface area contributed by atoms with E-state index in [4.69, 9.17) is 4.74 Å². The number of benzene rings is 1. The molecule has 0 aromatic heterocycles. The van der Waals surface area contributed by atoms with Crippen LogP contribution in [0, 0.1) is 5.92 Å². The standard InChI is InChI=1S/C20H25NO3/c22-9-1-2-14-3-4-16-11-17(6-5-15(16)10-14)18-7-8-20(12-18)13-24-19(23)21-20/h5-6,9,11,14,18H,1-4,7-8,10,12-13H2,(H,21,23)/t14?,18-,20-/m1/s1. The molecule has 1 aromatic carbocycles. The molecular weight excluding hydrogens is 302 g/mol. The fraction of sp³-hybridized carbons (Fsp3) is 0.600. The lowest BCUT2D eigenvalue weighted by atomic mass is 9.80. The van der Waals surface area contributed by atoms with Crippen molar-refractivity contribution < 1.29 is 14.3 Å². The molecule has 2 fully saturated rings. The topological polar surface area (TPSA) is 55.4 Å². The van der Waals surface area contributed by atoms with Gasteiger partial charge in [-0.05, 0) is 73.5 Å². The summed E-state index contributed by atoms with van der Waals surface area (Å²) in [6.07, 6.45) is 9.04. The molecular formula is C20H25NO3. The summed E-state index contributed by atoms with van der Waals surface area (Å²) in [5.74, 6) is 1.18. The number of nitrogens with one attached hydrogen (secondary N) is 1. The summed E-state index contributed by atoms with van der Waals surface area (Å²) >= 11 is 0. The van der Waals surface area contributed by atoms with E-state index in [-0.39, 0.29) is 11.6 Å². The van der Waals surface area contributed by atoms with E-state index in [0.29, 0.717) is 24.9 Å². The Hall–Kier alpha value is -1.84. The summed E-state index contributed by atoms with van der Waals surface area (Å²) in [6, 6.07) is 6.97. The molecule has 0 radical (unpaired) electrons. The molecule has 2 aliphatic carbocycles. The molecule has 1 aromatic rings. The van der Waals surface area contributed by atoms with Crippen LogP contribution in [0.1, 0.15) is 61.1 Å². The number of fused-ring (bicyclic) bond motifs is 1. The number of amides is 1. The Balaban J connectivity index is 1.45. The molecule has 1 amide bonds. The quantitative estimate of drug-likeness (QED) is 0.861. The van der Waals surface area contributed by atoms with E-state index < -0.39 is 0 Å². The van der Waals surface area contributed by atoms with Gasteiger partial charge in [0.2, 0.25) is 0 Å². The highest BCUT2D eigenvalue weighted by Gasteiger charge is 2.46. The number of aldehydes is 1. The summed E-state index contributed by atoms with van der Waals surface area (Å²) in [6.45, 7) is 0.520. The molecule has 1 saturated heterocycles. The van der Waals surface area contributed by atoms with E-state index >= 15 is 0 Å². The van der Waals surface area contributed by atoms with Crippen molar-refractivity contribution in [2.24, 2.45) is 5.92 Å². The van der Waals surface area contributed by atoms with Gasteiger partial charge in [-0.25, -0.2) is 4.79 Å². The predicted octanol–water partition coefficient (Wildman–Crippen LogP) is 3.52. The summed E-state index contributed by atoms with van der Waals surface area (Å²) in [4.78, 5) is 22.0. The third kappa shape index (κ3) is 2.94. The molecule has 1 unspecified atom stereocenters. The first-order chi connectivity index (χ1) is 11.7. The first-order valence-corrected chi connectivity index (χ1v) is 9.18. The maximum atomic E-state index is 11.4. The second-order valence-electron chi connectivity index (χ2n) is 7.80. The van der Waals surface area contributed by atoms with Gasteiger partial charge >= 0.3 is 6.09 Å². The molecule has 3 aliphatic rings. The van der Waals surface area contributed by atoms with Crippen LogP contribution in [0.15, 0.2) is 18.2 Å². The third-order valence-electron chi connectivity index (χ3n) is 6.18. The Bertz CT molecular complexity index is 656. The largest absolute Gasteiger partial charge is 0.447 e. The number of ether oxygens (including phenoxy) is 1. The normalized spacial score (nSPS) is 31.6. The minimum absolute atomic E-state index is 0.127. The van der Waals surface area contributed by atoms with Crippen molar-refractivity contribution in [3.63, 3.8) is 0 Å². The third-order valence-corrected chi connectivity index (χ3v) is 6.18. The molecule has 128 valence electrons. The molecule has 0 bridgehead atoms. The lowest BCUT2D eigenvalue weighted by Crippen LogP contribution is -2.40. The number of carbonyl (C=O) groups excluding carboxylic acids is 2. The highest BCUT2D eigenvalue weighted by Crippen LogP contribution is 2.43. The van der Waals surface area contributed by atoms with Crippen LogP contribution in [0.2, 0.25) is 0 Å². The number of cyclic esters (lactones) is 1. The Morgan fingerprint density at radius 3 is 3.00 bits per heavy atom. The van der Waals surface area contributed by atoms with Crippen LogP contribution in [0.3, 0.4) is 0 Å². The fourth-order valence-corrected chi connectivity index (χ4v) is 4.80. The summed E-state index contributed by atoms with van der Waals surface area (Å²) < 4.78 is 5.13. The highest BCUT2D eigenvalue weighted by atomic mass is 16.6. The van der Waals surface area contributed by atoms with E-state index in [9.17, 15) is 9.59 Å². The van der Waals surface area contributed by atoms with Crippen LogP contribution in [-0.4, -0.2) is 24.5 Å². The van der Waals surface area contributed by atoms with Gasteiger partial charge in [-0.2, -0.15) is 0 Å². The molecule has 3 atom stereocenters. The minimum Gasteiger partial charge on any atom is -0.447 e. The van der Waals surface area contributed by atoms with Crippen molar-refractivity contribution in [3.05, 3.63) is 34.9 Å². The first kappa shape index (κ1) is 15.7. The molecule has 1 heterocycles. The molecule has 1 spiro atoms. The fourth-order valence-electron chi connectivity index (χ4n) is 4.80. The molecule has 4 rings (SSSR count). The molecule has 4 nitrogen and oxygen atoms in total. The van der Waals surface area contributed by atoms with Gasteiger partial charge in [-0.3, -0.25) is 0 Å². The average Bonchev–Trinajstić information content (AvgIpc) is 3.18. The number of carbonyl (C=O) groups is 2. The van der Waals surface area contributed by atoms with Crippen molar-refractivity contribution in [3.8, 4) is 0 Å². The van der Waals surface area contributed by atoms with Gasteiger partial charge in [0.25, 0.3) is 0 Å². The zero-order valence-corrected chi connectivity index (χ0v) is 14.1. The molecule has 4 heteroatoms. The van der Waals surface area contributed by atoms with Gasteiger partial charge < -0.3 is 14.8 Å². The minimum atomic E-state index is -0.262.